The van der Waals surface area contributed by atoms with Crippen molar-refractivity contribution in [1.82, 2.24) is 4.90 Å². The second-order valence-electron chi connectivity index (χ2n) is 4.33. The largest absolute Gasteiger partial charge is 0.301 e. The lowest BCUT2D eigenvalue weighted by Gasteiger charge is -2.37. The highest BCUT2D eigenvalue weighted by molar-refractivity contribution is 4.76. The topological polar surface area (TPSA) is 3.24 Å². The number of rotatable bonds is 1. The smallest absolute Gasteiger partial charge is 0.00387 e. The van der Waals surface area contributed by atoms with Gasteiger partial charge in [0.15, 0.2) is 0 Å². The predicted molar refractivity (Wildman–Crippen MR) is 49.7 cm³/mol. The van der Waals surface area contributed by atoms with E-state index in [1.165, 1.54) is 19.5 Å². The fourth-order valence-corrected chi connectivity index (χ4v) is 1.76. The lowest BCUT2D eigenvalue weighted by Crippen LogP contribution is -2.42. The molecule has 1 heteroatoms. The second kappa shape index (κ2) is 3.57. The molecule has 0 aliphatic carbocycles. The van der Waals surface area contributed by atoms with Crippen molar-refractivity contribution in [2.24, 2.45) is 11.8 Å². The normalized spacial score (nSPS) is 34.6. The van der Waals surface area contributed by atoms with E-state index in [4.69, 9.17) is 0 Å². The molecule has 1 nitrogen and oxygen atoms in total. The standard InChI is InChI=1S/C10H21N/c1-8(2)11-6-5-9(3)10(4)7-11/h8-10H,5-7H2,1-4H3. The maximum atomic E-state index is 2.59. The minimum Gasteiger partial charge on any atom is -0.301 e. The maximum absolute atomic E-state index is 2.59. The second-order valence-corrected chi connectivity index (χ2v) is 4.33. The van der Waals surface area contributed by atoms with Crippen LogP contribution >= 0.6 is 0 Å². The fraction of sp³-hybridized carbons (Fsp3) is 1.00. The van der Waals surface area contributed by atoms with Crippen LogP contribution < -0.4 is 0 Å². The van der Waals surface area contributed by atoms with Gasteiger partial charge in [-0.15, -0.1) is 0 Å². The molecule has 1 aliphatic rings. The lowest BCUT2D eigenvalue weighted by atomic mass is 9.88. The van der Waals surface area contributed by atoms with Crippen LogP contribution in [0, 0.1) is 11.8 Å². The molecule has 1 aliphatic heterocycles. The van der Waals surface area contributed by atoms with Crippen molar-refractivity contribution in [1.29, 1.82) is 0 Å². The zero-order chi connectivity index (χ0) is 8.43. The van der Waals surface area contributed by atoms with Gasteiger partial charge in [-0.3, -0.25) is 0 Å². The third-order valence-corrected chi connectivity index (χ3v) is 3.10. The summed E-state index contributed by atoms with van der Waals surface area (Å²) in [6.45, 7) is 12.0. The molecular weight excluding hydrogens is 134 g/mol. The van der Waals surface area contributed by atoms with Crippen LogP contribution in [0.3, 0.4) is 0 Å². The molecule has 1 heterocycles. The van der Waals surface area contributed by atoms with E-state index in [-0.39, 0.29) is 0 Å². The summed E-state index contributed by atoms with van der Waals surface area (Å²) in [7, 11) is 0. The minimum absolute atomic E-state index is 0.741. The molecule has 66 valence electrons. The molecule has 11 heavy (non-hydrogen) atoms. The van der Waals surface area contributed by atoms with Gasteiger partial charge in [-0.25, -0.2) is 0 Å². The van der Waals surface area contributed by atoms with Crippen LogP contribution in [0.2, 0.25) is 0 Å². The van der Waals surface area contributed by atoms with Crippen molar-refractivity contribution in [2.45, 2.75) is 40.2 Å². The summed E-state index contributed by atoms with van der Waals surface area (Å²) in [6, 6.07) is 0.741. The van der Waals surface area contributed by atoms with Crippen molar-refractivity contribution in [3.63, 3.8) is 0 Å². The van der Waals surface area contributed by atoms with Gasteiger partial charge in [0.25, 0.3) is 0 Å². The zero-order valence-electron chi connectivity index (χ0n) is 8.30. The van der Waals surface area contributed by atoms with Crippen LogP contribution in [-0.2, 0) is 0 Å². The first-order valence-electron chi connectivity index (χ1n) is 4.85. The molecule has 0 radical (unpaired) electrons. The van der Waals surface area contributed by atoms with Gasteiger partial charge in [-0.05, 0) is 38.6 Å². The van der Waals surface area contributed by atoms with Gasteiger partial charge in [0.1, 0.15) is 0 Å². The molecule has 0 aromatic carbocycles. The third-order valence-electron chi connectivity index (χ3n) is 3.10. The fourth-order valence-electron chi connectivity index (χ4n) is 1.76. The van der Waals surface area contributed by atoms with Crippen molar-refractivity contribution in [2.75, 3.05) is 13.1 Å². The van der Waals surface area contributed by atoms with Gasteiger partial charge >= 0.3 is 0 Å². The first-order chi connectivity index (χ1) is 5.11. The number of hydrogen-bond acceptors (Lipinski definition) is 1. The average molecular weight is 155 g/mol. The van der Waals surface area contributed by atoms with Crippen LogP contribution in [0.1, 0.15) is 34.1 Å². The van der Waals surface area contributed by atoms with Crippen LogP contribution in [0.4, 0.5) is 0 Å². The number of nitrogens with zero attached hydrogens (tertiary/aromatic N) is 1. The van der Waals surface area contributed by atoms with Crippen molar-refractivity contribution in [3.8, 4) is 0 Å². The summed E-state index contributed by atoms with van der Waals surface area (Å²) in [5.41, 5.74) is 0. The Morgan fingerprint density at radius 1 is 1.18 bits per heavy atom. The van der Waals surface area contributed by atoms with Crippen LogP contribution in [0.5, 0.6) is 0 Å². The SMILES string of the molecule is CC1CCN(C(C)C)CC1C. The molecule has 0 amide bonds. The first-order valence-corrected chi connectivity index (χ1v) is 4.85. The van der Waals surface area contributed by atoms with Crippen molar-refractivity contribution >= 4 is 0 Å². The molecule has 0 bridgehead atoms. The van der Waals surface area contributed by atoms with E-state index < -0.39 is 0 Å². The van der Waals surface area contributed by atoms with Gasteiger partial charge in [0.05, 0.1) is 0 Å². The Balaban J connectivity index is 2.40. The summed E-state index contributed by atoms with van der Waals surface area (Å²) in [5, 5.41) is 0. The van der Waals surface area contributed by atoms with Gasteiger partial charge in [-0.2, -0.15) is 0 Å². The summed E-state index contributed by atoms with van der Waals surface area (Å²) >= 11 is 0. The highest BCUT2D eigenvalue weighted by Gasteiger charge is 2.23. The molecular formula is C10H21N. The van der Waals surface area contributed by atoms with E-state index in [1.54, 1.807) is 0 Å². The van der Waals surface area contributed by atoms with Crippen LogP contribution in [0.25, 0.3) is 0 Å². The highest BCUT2D eigenvalue weighted by Crippen LogP contribution is 2.23. The summed E-state index contributed by atoms with van der Waals surface area (Å²) < 4.78 is 0. The highest BCUT2D eigenvalue weighted by atomic mass is 15.2. The van der Waals surface area contributed by atoms with Crippen LogP contribution in [-0.4, -0.2) is 24.0 Å². The Hall–Kier alpha value is -0.0400. The van der Waals surface area contributed by atoms with E-state index >= 15 is 0 Å². The molecule has 1 fully saturated rings. The van der Waals surface area contributed by atoms with E-state index in [1.807, 2.05) is 0 Å². The minimum atomic E-state index is 0.741. The molecule has 0 aromatic rings. The number of likely N-dealkylation sites (tertiary alicyclic amines) is 1. The monoisotopic (exact) mass is 155 g/mol. The quantitative estimate of drug-likeness (QED) is 0.562. The third kappa shape index (κ3) is 2.19. The zero-order valence-corrected chi connectivity index (χ0v) is 8.30. The van der Waals surface area contributed by atoms with Crippen molar-refractivity contribution in [3.05, 3.63) is 0 Å². The Morgan fingerprint density at radius 2 is 1.82 bits per heavy atom. The number of piperidine rings is 1. The summed E-state index contributed by atoms with van der Waals surface area (Å²) in [5.74, 6) is 1.83. The van der Waals surface area contributed by atoms with Crippen molar-refractivity contribution < 1.29 is 0 Å². The van der Waals surface area contributed by atoms with E-state index in [9.17, 15) is 0 Å². The van der Waals surface area contributed by atoms with E-state index in [0.717, 1.165) is 17.9 Å². The van der Waals surface area contributed by atoms with Gasteiger partial charge in [0, 0.05) is 12.6 Å². The predicted octanol–water partition coefficient (Wildman–Crippen LogP) is 2.37. The summed E-state index contributed by atoms with van der Waals surface area (Å²) in [6.07, 6.45) is 1.39. The molecule has 2 unspecified atom stereocenters. The lowest BCUT2D eigenvalue weighted by molar-refractivity contribution is 0.110. The van der Waals surface area contributed by atoms with Crippen LogP contribution in [0.15, 0.2) is 0 Å². The van der Waals surface area contributed by atoms with Gasteiger partial charge < -0.3 is 4.90 Å². The van der Waals surface area contributed by atoms with Gasteiger partial charge in [-0.1, -0.05) is 13.8 Å². The Morgan fingerprint density at radius 3 is 2.27 bits per heavy atom. The molecule has 0 spiro atoms. The first kappa shape index (κ1) is 9.05. The molecule has 0 aromatic heterocycles. The molecule has 2 atom stereocenters. The number of hydrogen-bond donors (Lipinski definition) is 0. The Kier molecular flexibility index (Phi) is 2.94. The summed E-state index contributed by atoms with van der Waals surface area (Å²) in [4.78, 5) is 2.59. The molecule has 1 rings (SSSR count). The Bertz CT molecular complexity index is 120. The Labute approximate surface area is 70.8 Å². The molecule has 0 N–H and O–H groups in total. The molecule has 0 saturated carbocycles. The molecule has 1 saturated heterocycles. The maximum Gasteiger partial charge on any atom is 0.00387 e. The van der Waals surface area contributed by atoms with E-state index in [0.29, 0.717) is 0 Å². The average Bonchev–Trinajstić information content (AvgIpc) is 1.94. The van der Waals surface area contributed by atoms with E-state index in [2.05, 4.69) is 32.6 Å². The van der Waals surface area contributed by atoms with Gasteiger partial charge in [0.2, 0.25) is 0 Å².